The number of halogens is 2. The summed E-state index contributed by atoms with van der Waals surface area (Å²) in [7, 11) is -3.68. The molecule has 2 aromatic rings. The van der Waals surface area contributed by atoms with Gasteiger partial charge < -0.3 is 20.3 Å². The van der Waals surface area contributed by atoms with Gasteiger partial charge in [0.1, 0.15) is 11.6 Å². The lowest BCUT2D eigenvalue weighted by Gasteiger charge is -2.38. The maximum absolute atomic E-state index is 14.3. The fourth-order valence-electron chi connectivity index (χ4n) is 4.85. The molecule has 9 nitrogen and oxygen atoms in total. The highest BCUT2D eigenvalue weighted by molar-refractivity contribution is 7.90. The van der Waals surface area contributed by atoms with Crippen LogP contribution in [0.1, 0.15) is 58.8 Å². The Hall–Kier alpha value is -3.05. The molecule has 2 aliphatic rings. The second kappa shape index (κ2) is 13.1. The van der Waals surface area contributed by atoms with Crippen LogP contribution in [0.4, 0.5) is 26.2 Å². The summed E-state index contributed by atoms with van der Waals surface area (Å²) in [6.07, 6.45) is 6.57. The number of hydrogen-bond donors (Lipinski definition) is 3. The molecule has 0 atom stereocenters. The molecule has 2 fully saturated rings. The highest BCUT2D eigenvalue weighted by Gasteiger charge is 2.36. The van der Waals surface area contributed by atoms with Crippen molar-refractivity contribution in [2.75, 3.05) is 28.7 Å². The number of carbonyl (C=O) groups is 2. The van der Waals surface area contributed by atoms with Crippen LogP contribution in [-0.4, -0.2) is 44.8 Å². The first kappa shape index (κ1) is 29.9. The van der Waals surface area contributed by atoms with Gasteiger partial charge in [0.25, 0.3) is 5.91 Å². The first-order chi connectivity index (χ1) is 19.0. The number of urea groups is 1. The van der Waals surface area contributed by atoms with Gasteiger partial charge in [0, 0.05) is 23.7 Å². The van der Waals surface area contributed by atoms with Crippen molar-refractivity contribution >= 4 is 50.6 Å². The van der Waals surface area contributed by atoms with Crippen molar-refractivity contribution in [3.8, 4) is 5.75 Å². The smallest absolute Gasteiger partial charge is 0.323 e. The van der Waals surface area contributed by atoms with E-state index in [4.69, 9.17) is 16.3 Å². The third kappa shape index (κ3) is 8.23. The monoisotopic (exact) mass is 594 g/mol. The van der Waals surface area contributed by atoms with Gasteiger partial charge in [0.05, 0.1) is 22.3 Å². The maximum Gasteiger partial charge on any atom is 0.323 e. The molecule has 218 valence electrons. The van der Waals surface area contributed by atoms with E-state index in [9.17, 15) is 22.4 Å². The molecule has 0 aliphatic heterocycles. The lowest BCUT2D eigenvalue weighted by atomic mass is 9.93. The van der Waals surface area contributed by atoms with Crippen LogP contribution in [0.25, 0.3) is 0 Å². The zero-order chi connectivity index (χ0) is 28.9. The summed E-state index contributed by atoms with van der Waals surface area (Å²) < 4.78 is 46.1. The Balaban J connectivity index is 1.56. The minimum atomic E-state index is -3.68. The first-order valence-corrected chi connectivity index (χ1v) is 15.6. The number of anilines is 3. The van der Waals surface area contributed by atoms with Gasteiger partial charge in [-0.15, -0.1) is 0 Å². The standard InChI is InChI=1S/C28H36ClFN4O5S/c1-18(2)16-34(20-6-4-3-5-7-20)26-13-9-21(39-17-27(35)33-40(37,38)22-10-11-22)15-25(26)32-28(36)31-24-12-8-19(29)14-23(24)30/h8-9,12-15,18,20,22H,3-7,10-11,16-17H2,1-2H3,(H,33,35)(H2,31,32,36). The summed E-state index contributed by atoms with van der Waals surface area (Å²) >= 11 is 5.83. The topological polar surface area (TPSA) is 117 Å². The molecule has 0 aromatic heterocycles. The maximum atomic E-state index is 14.3. The van der Waals surface area contributed by atoms with E-state index in [1.807, 2.05) is 10.8 Å². The molecule has 0 bridgehead atoms. The second-order valence-corrected chi connectivity index (χ2v) is 13.2. The first-order valence-electron chi connectivity index (χ1n) is 13.6. The fourth-order valence-corrected chi connectivity index (χ4v) is 6.31. The summed E-state index contributed by atoms with van der Waals surface area (Å²) in [6, 6.07) is 8.69. The van der Waals surface area contributed by atoms with Crippen molar-refractivity contribution in [2.24, 2.45) is 5.92 Å². The molecule has 12 heteroatoms. The fraction of sp³-hybridized carbons (Fsp3) is 0.500. The number of amides is 3. The predicted molar refractivity (Wildman–Crippen MR) is 155 cm³/mol. The van der Waals surface area contributed by atoms with Gasteiger partial charge in [-0.25, -0.2) is 22.3 Å². The molecule has 0 radical (unpaired) electrons. The van der Waals surface area contributed by atoms with Gasteiger partial charge in [-0.1, -0.05) is 44.7 Å². The zero-order valence-corrected chi connectivity index (χ0v) is 24.3. The van der Waals surface area contributed by atoms with E-state index < -0.39 is 39.6 Å². The molecule has 0 heterocycles. The second-order valence-electron chi connectivity index (χ2n) is 10.8. The molecular weight excluding hydrogens is 559 g/mol. The number of benzene rings is 2. The molecule has 2 aromatic carbocycles. The van der Waals surface area contributed by atoms with Crippen LogP contribution in [0.15, 0.2) is 36.4 Å². The summed E-state index contributed by atoms with van der Waals surface area (Å²) in [6.45, 7) is 4.51. The molecule has 2 saturated carbocycles. The van der Waals surface area contributed by atoms with Crippen molar-refractivity contribution in [1.29, 1.82) is 0 Å². The molecule has 4 rings (SSSR count). The number of sulfonamides is 1. The van der Waals surface area contributed by atoms with Crippen molar-refractivity contribution < 1.29 is 27.1 Å². The molecule has 3 N–H and O–H groups in total. The van der Waals surface area contributed by atoms with Gasteiger partial charge in [-0.05, 0) is 61.9 Å². The highest BCUT2D eigenvalue weighted by atomic mass is 35.5. The van der Waals surface area contributed by atoms with Crippen LogP contribution in [-0.2, 0) is 14.8 Å². The summed E-state index contributed by atoms with van der Waals surface area (Å²) in [5.74, 6) is -0.829. The molecular formula is C28H36ClFN4O5S. The molecule has 3 amide bonds. The van der Waals surface area contributed by atoms with E-state index in [2.05, 4.69) is 29.4 Å². The van der Waals surface area contributed by atoms with E-state index >= 15 is 0 Å². The molecule has 0 unspecified atom stereocenters. The average molecular weight is 595 g/mol. The van der Waals surface area contributed by atoms with Crippen LogP contribution in [0, 0.1) is 11.7 Å². The minimum Gasteiger partial charge on any atom is -0.484 e. The Bertz CT molecular complexity index is 1330. The number of nitrogens with zero attached hydrogens (tertiary/aromatic N) is 1. The normalized spacial score (nSPS) is 15.9. The quantitative estimate of drug-likeness (QED) is 0.298. The zero-order valence-electron chi connectivity index (χ0n) is 22.7. The van der Waals surface area contributed by atoms with Gasteiger partial charge >= 0.3 is 6.03 Å². The number of ether oxygens (including phenoxy) is 1. The van der Waals surface area contributed by atoms with Crippen molar-refractivity contribution in [3.05, 3.63) is 47.2 Å². The lowest BCUT2D eigenvalue weighted by Crippen LogP contribution is -2.40. The number of carbonyl (C=O) groups excluding carboxylic acids is 2. The Morgan fingerprint density at radius 2 is 1.73 bits per heavy atom. The molecule has 0 spiro atoms. The van der Waals surface area contributed by atoms with E-state index in [0.29, 0.717) is 30.5 Å². The summed E-state index contributed by atoms with van der Waals surface area (Å²) in [5, 5.41) is 5.01. The third-order valence-corrected chi connectivity index (χ3v) is 8.97. The Morgan fingerprint density at radius 3 is 2.38 bits per heavy atom. The van der Waals surface area contributed by atoms with Gasteiger partial charge in [-0.3, -0.25) is 4.79 Å². The predicted octanol–water partition coefficient (Wildman–Crippen LogP) is 5.91. The lowest BCUT2D eigenvalue weighted by molar-refractivity contribution is -0.121. The van der Waals surface area contributed by atoms with Crippen LogP contribution < -0.4 is 25.0 Å². The summed E-state index contributed by atoms with van der Waals surface area (Å²) in [4.78, 5) is 27.5. The number of hydrogen-bond acceptors (Lipinski definition) is 6. The Kier molecular flexibility index (Phi) is 9.78. The van der Waals surface area contributed by atoms with Crippen molar-refractivity contribution in [2.45, 2.75) is 70.1 Å². The number of nitrogens with one attached hydrogen (secondary N) is 3. The van der Waals surface area contributed by atoms with Gasteiger partial charge in [0.15, 0.2) is 6.61 Å². The largest absolute Gasteiger partial charge is 0.484 e. The van der Waals surface area contributed by atoms with Crippen LogP contribution >= 0.6 is 11.6 Å². The van der Waals surface area contributed by atoms with Crippen LogP contribution in [0.2, 0.25) is 5.02 Å². The van der Waals surface area contributed by atoms with Crippen LogP contribution in [0.3, 0.4) is 0 Å². The molecule has 2 aliphatic carbocycles. The third-order valence-electron chi connectivity index (χ3n) is 6.87. The highest BCUT2D eigenvalue weighted by Crippen LogP contribution is 2.36. The van der Waals surface area contributed by atoms with E-state index in [0.717, 1.165) is 44.0 Å². The van der Waals surface area contributed by atoms with E-state index in [1.165, 1.54) is 18.6 Å². The van der Waals surface area contributed by atoms with Gasteiger partial charge in [-0.2, -0.15) is 0 Å². The van der Waals surface area contributed by atoms with Crippen LogP contribution in [0.5, 0.6) is 5.75 Å². The Labute approximate surface area is 239 Å². The number of rotatable bonds is 11. The summed E-state index contributed by atoms with van der Waals surface area (Å²) in [5.41, 5.74) is 1.16. The SMILES string of the molecule is CC(C)CN(c1ccc(OCC(=O)NS(=O)(=O)C2CC2)cc1NC(=O)Nc1ccc(Cl)cc1F)C1CCCCC1. The average Bonchev–Trinajstić information content (AvgIpc) is 3.75. The molecule has 40 heavy (non-hydrogen) atoms. The van der Waals surface area contributed by atoms with Crippen molar-refractivity contribution in [1.82, 2.24) is 4.72 Å². The Morgan fingerprint density at radius 1 is 1.02 bits per heavy atom. The minimum absolute atomic E-state index is 0.0317. The van der Waals surface area contributed by atoms with E-state index in [1.54, 1.807) is 12.1 Å². The van der Waals surface area contributed by atoms with Crippen molar-refractivity contribution in [3.63, 3.8) is 0 Å². The molecule has 0 saturated heterocycles. The van der Waals surface area contributed by atoms with E-state index in [-0.39, 0.29) is 16.5 Å². The van der Waals surface area contributed by atoms with Gasteiger partial charge in [0.2, 0.25) is 10.0 Å².